The van der Waals surface area contributed by atoms with Crippen molar-refractivity contribution in [1.82, 2.24) is 24.2 Å². The second kappa shape index (κ2) is 16.3. The molecule has 0 unspecified atom stereocenters. The average molecular weight is 788 g/mol. The summed E-state index contributed by atoms with van der Waals surface area (Å²) in [5.74, 6) is -1.50. The molecule has 15 nitrogen and oxygen atoms in total. The molecule has 0 saturated heterocycles. The Morgan fingerprint density at radius 2 is 1.33 bits per heavy atom. The Hall–Kier alpha value is -4.90. The summed E-state index contributed by atoms with van der Waals surface area (Å²) < 4.78 is 4.48. The predicted octanol–water partition coefficient (Wildman–Crippen LogP) is 3.51. The van der Waals surface area contributed by atoms with Gasteiger partial charge in [0, 0.05) is 87.6 Å². The average Bonchev–Trinajstić information content (AvgIpc) is 3.71. The third kappa shape index (κ3) is 9.13. The molecule has 0 bridgehead atoms. The van der Waals surface area contributed by atoms with Gasteiger partial charge >= 0.3 is 0 Å². The summed E-state index contributed by atoms with van der Waals surface area (Å²) in [7, 11) is 4.92. The number of hydrogen-bond acceptors (Lipinski definition) is 7. The SMILES string of the molecule is Cn1cc(NC(=O)c2cc(NC(=O)c3cc(NC(=O)c4ccc(N(CCBr)CCBr)cc4)nn3C)cn2C)cc1C(=O)NCCC(=N)N. The van der Waals surface area contributed by atoms with E-state index in [2.05, 4.69) is 63.1 Å². The van der Waals surface area contributed by atoms with Gasteiger partial charge < -0.3 is 41.0 Å². The van der Waals surface area contributed by atoms with Gasteiger partial charge in [-0.3, -0.25) is 29.3 Å². The molecule has 4 aromatic rings. The number of anilines is 4. The molecule has 48 heavy (non-hydrogen) atoms. The summed E-state index contributed by atoms with van der Waals surface area (Å²) in [5, 5.41) is 24.1. The van der Waals surface area contributed by atoms with Crippen LogP contribution in [0, 0.1) is 5.41 Å². The van der Waals surface area contributed by atoms with E-state index in [1.807, 2.05) is 12.1 Å². The molecule has 0 saturated carbocycles. The zero-order chi connectivity index (χ0) is 35.0. The smallest absolute Gasteiger partial charge is 0.274 e. The van der Waals surface area contributed by atoms with Crippen molar-refractivity contribution in [1.29, 1.82) is 5.41 Å². The molecular formula is C31H37Br2N11O4. The van der Waals surface area contributed by atoms with Crippen molar-refractivity contribution in [3.63, 3.8) is 0 Å². The molecule has 0 aliphatic carbocycles. The van der Waals surface area contributed by atoms with Crippen LogP contribution in [0.25, 0.3) is 0 Å². The van der Waals surface area contributed by atoms with Crippen molar-refractivity contribution in [2.45, 2.75) is 6.42 Å². The number of carbonyl (C=O) groups is 4. The van der Waals surface area contributed by atoms with E-state index in [4.69, 9.17) is 11.1 Å². The number of amidine groups is 1. The van der Waals surface area contributed by atoms with Crippen LogP contribution in [0.15, 0.2) is 54.9 Å². The molecule has 17 heteroatoms. The maximum Gasteiger partial charge on any atom is 0.274 e. The number of aromatic nitrogens is 4. The minimum Gasteiger partial charge on any atom is -0.388 e. The second-order valence-corrected chi connectivity index (χ2v) is 12.4. The molecule has 0 radical (unpaired) electrons. The first kappa shape index (κ1) is 35.9. The number of halogens is 2. The molecule has 0 atom stereocenters. The lowest BCUT2D eigenvalue weighted by molar-refractivity contribution is 0.0944. The molecule has 7 N–H and O–H groups in total. The fourth-order valence-corrected chi connectivity index (χ4v) is 5.69. The minimum absolute atomic E-state index is 0.0289. The fraction of sp³-hybridized carbons (Fsp3) is 0.290. The lowest BCUT2D eigenvalue weighted by Crippen LogP contribution is -2.28. The summed E-state index contributed by atoms with van der Waals surface area (Å²) in [6.45, 7) is 1.88. The van der Waals surface area contributed by atoms with Gasteiger partial charge in [-0.05, 0) is 36.4 Å². The number of amides is 4. The van der Waals surface area contributed by atoms with Gasteiger partial charge in [-0.15, -0.1) is 0 Å². The summed E-state index contributed by atoms with van der Waals surface area (Å²) in [6, 6.07) is 11.8. The van der Waals surface area contributed by atoms with Crippen molar-refractivity contribution in [3.8, 4) is 0 Å². The predicted molar refractivity (Wildman–Crippen MR) is 193 cm³/mol. The van der Waals surface area contributed by atoms with Crippen LogP contribution >= 0.6 is 31.9 Å². The summed E-state index contributed by atoms with van der Waals surface area (Å²) in [6.07, 6.45) is 3.42. The van der Waals surface area contributed by atoms with Crippen LogP contribution in [-0.2, 0) is 21.1 Å². The Labute approximate surface area is 294 Å². The number of aryl methyl sites for hydroxylation is 3. The molecule has 3 aromatic heterocycles. The van der Waals surface area contributed by atoms with Crippen LogP contribution < -0.4 is 31.9 Å². The number of nitrogens with zero attached hydrogens (tertiary/aromatic N) is 5. The molecular weight excluding hydrogens is 750 g/mol. The van der Waals surface area contributed by atoms with Crippen molar-refractivity contribution in [3.05, 3.63) is 77.5 Å². The lowest BCUT2D eigenvalue weighted by atomic mass is 10.2. The molecule has 0 fully saturated rings. The molecule has 3 heterocycles. The minimum atomic E-state index is -0.491. The molecule has 4 amide bonds. The van der Waals surface area contributed by atoms with Crippen LogP contribution in [0.2, 0.25) is 0 Å². The fourth-order valence-electron chi connectivity index (χ4n) is 4.84. The van der Waals surface area contributed by atoms with Gasteiger partial charge in [0.05, 0.1) is 17.2 Å². The third-order valence-corrected chi connectivity index (χ3v) is 7.94. The van der Waals surface area contributed by atoms with Gasteiger partial charge in [0.2, 0.25) is 0 Å². The first-order valence-corrected chi connectivity index (χ1v) is 17.0. The molecule has 0 spiro atoms. The number of carbonyl (C=O) groups excluding carboxylic acids is 4. The lowest BCUT2D eigenvalue weighted by Gasteiger charge is -2.23. The number of hydrogen-bond donors (Lipinski definition) is 6. The molecule has 254 valence electrons. The van der Waals surface area contributed by atoms with Crippen molar-refractivity contribution in [2.75, 3.05) is 51.1 Å². The number of rotatable bonds is 15. The highest BCUT2D eigenvalue weighted by Gasteiger charge is 2.20. The Morgan fingerprint density at radius 3 is 1.88 bits per heavy atom. The summed E-state index contributed by atoms with van der Waals surface area (Å²) in [4.78, 5) is 53.8. The largest absolute Gasteiger partial charge is 0.388 e. The molecule has 4 rings (SSSR count). The van der Waals surface area contributed by atoms with E-state index in [0.29, 0.717) is 22.6 Å². The van der Waals surface area contributed by atoms with Crippen molar-refractivity contribution < 1.29 is 19.2 Å². The zero-order valence-corrected chi connectivity index (χ0v) is 29.8. The zero-order valence-electron chi connectivity index (χ0n) is 26.6. The van der Waals surface area contributed by atoms with Gasteiger partial charge in [0.1, 0.15) is 17.1 Å². The number of nitrogens with two attached hydrogens (primary N) is 1. The Bertz CT molecular complexity index is 1800. The van der Waals surface area contributed by atoms with Crippen LogP contribution in [0.1, 0.15) is 48.2 Å². The molecule has 0 aliphatic heterocycles. The van der Waals surface area contributed by atoms with E-state index in [9.17, 15) is 19.2 Å². The Balaban J connectivity index is 1.37. The highest BCUT2D eigenvalue weighted by atomic mass is 79.9. The van der Waals surface area contributed by atoms with E-state index < -0.39 is 11.8 Å². The van der Waals surface area contributed by atoms with Gasteiger partial charge in [-0.2, -0.15) is 5.10 Å². The van der Waals surface area contributed by atoms with E-state index in [-0.39, 0.29) is 47.8 Å². The highest BCUT2D eigenvalue weighted by molar-refractivity contribution is 9.09. The Kier molecular flexibility index (Phi) is 12.2. The monoisotopic (exact) mass is 785 g/mol. The second-order valence-electron chi connectivity index (χ2n) is 10.8. The summed E-state index contributed by atoms with van der Waals surface area (Å²) >= 11 is 6.94. The Morgan fingerprint density at radius 1 is 0.792 bits per heavy atom. The first-order valence-electron chi connectivity index (χ1n) is 14.8. The number of nitrogens with one attached hydrogen (secondary N) is 5. The van der Waals surface area contributed by atoms with Crippen molar-refractivity contribution >= 4 is 84.2 Å². The topological polar surface area (TPSA) is 197 Å². The van der Waals surface area contributed by atoms with E-state index in [1.54, 1.807) is 54.8 Å². The third-order valence-electron chi connectivity index (χ3n) is 7.23. The summed E-state index contributed by atoms with van der Waals surface area (Å²) in [5.41, 5.74) is 8.31. The number of benzene rings is 1. The molecule has 0 aliphatic rings. The van der Waals surface area contributed by atoms with E-state index in [1.165, 1.54) is 22.9 Å². The van der Waals surface area contributed by atoms with Gasteiger partial charge in [0.15, 0.2) is 5.82 Å². The standard InChI is InChI=1S/C31H37Br2N11O4/c1-41-17-20(14-23(41)29(46)36-11-8-26(34)35)37-30(47)24-15-21(18-42(24)2)38-31(48)25-16-27(40-43(25)3)39-28(45)19-4-6-22(7-5-19)44(12-9-32)13-10-33/h4-7,14-18H,8-13H2,1-3H3,(H3,34,35)(H,36,46)(H,37,47)(H,38,48)(H,39,40,45). The van der Waals surface area contributed by atoms with Crippen molar-refractivity contribution in [2.24, 2.45) is 26.9 Å². The molecule has 1 aromatic carbocycles. The quantitative estimate of drug-likeness (QED) is 0.0602. The van der Waals surface area contributed by atoms with Crippen LogP contribution in [0.4, 0.5) is 22.9 Å². The van der Waals surface area contributed by atoms with Crippen LogP contribution in [-0.4, -0.2) is 78.7 Å². The van der Waals surface area contributed by atoms with Gasteiger partial charge in [0.25, 0.3) is 23.6 Å². The van der Waals surface area contributed by atoms with Crippen LogP contribution in [0.3, 0.4) is 0 Å². The maximum atomic E-state index is 13.1. The normalized spacial score (nSPS) is 10.8. The van der Waals surface area contributed by atoms with Gasteiger partial charge in [-0.1, -0.05) is 31.9 Å². The van der Waals surface area contributed by atoms with E-state index in [0.717, 1.165) is 29.4 Å². The van der Waals surface area contributed by atoms with E-state index >= 15 is 0 Å². The van der Waals surface area contributed by atoms with Gasteiger partial charge in [-0.25, -0.2) is 0 Å². The highest BCUT2D eigenvalue weighted by Crippen LogP contribution is 2.20. The maximum absolute atomic E-state index is 13.1. The first-order chi connectivity index (χ1) is 22.9. The van der Waals surface area contributed by atoms with Crippen LogP contribution in [0.5, 0.6) is 0 Å². The number of alkyl halides is 2.